The second-order valence-electron chi connectivity index (χ2n) is 8.24. The molecule has 2 aromatic carbocycles. The summed E-state index contributed by atoms with van der Waals surface area (Å²) in [5.41, 5.74) is 1.13. The minimum absolute atomic E-state index is 0.0394. The normalized spacial score (nSPS) is 14.5. The second-order valence-corrected chi connectivity index (χ2v) is 9.64. The second kappa shape index (κ2) is 12.6. The summed E-state index contributed by atoms with van der Waals surface area (Å²) in [7, 11) is 0. The number of rotatable bonds is 10. The molecule has 36 heavy (non-hydrogen) atoms. The maximum absolute atomic E-state index is 12.8. The summed E-state index contributed by atoms with van der Waals surface area (Å²) in [6.07, 6.45) is 3.24. The van der Waals surface area contributed by atoms with E-state index in [-0.39, 0.29) is 33.9 Å². The highest BCUT2D eigenvalue weighted by molar-refractivity contribution is 8.18. The van der Waals surface area contributed by atoms with E-state index in [1.54, 1.807) is 30.3 Å². The molecule has 0 atom stereocenters. The van der Waals surface area contributed by atoms with Crippen LogP contribution in [0.1, 0.15) is 49.5 Å². The Bertz CT molecular complexity index is 1180. The van der Waals surface area contributed by atoms with Gasteiger partial charge in [-0.15, -0.1) is 0 Å². The van der Waals surface area contributed by atoms with Crippen molar-refractivity contribution in [3.05, 3.63) is 63.5 Å². The fourth-order valence-electron chi connectivity index (χ4n) is 3.19. The van der Waals surface area contributed by atoms with Gasteiger partial charge in [-0.1, -0.05) is 37.1 Å². The van der Waals surface area contributed by atoms with Crippen LogP contribution < -0.4 is 10.1 Å². The van der Waals surface area contributed by atoms with Gasteiger partial charge in [-0.05, 0) is 74.0 Å². The lowest BCUT2D eigenvalue weighted by molar-refractivity contribution is -0.127. The molecule has 1 saturated heterocycles. The van der Waals surface area contributed by atoms with E-state index in [0.29, 0.717) is 5.75 Å². The summed E-state index contributed by atoms with van der Waals surface area (Å²) in [6.45, 7) is 5.63. The zero-order valence-electron chi connectivity index (χ0n) is 20.2. The Balaban J connectivity index is 1.63. The van der Waals surface area contributed by atoms with Gasteiger partial charge in [0.2, 0.25) is 5.91 Å². The molecule has 8 nitrogen and oxygen atoms in total. The van der Waals surface area contributed by atoms with Crippen molar-refractivity contribution < 1.29 is 28.7 Å². The molecule has 1 N–H and O–H groups in total. The molecule has 0 aromatic heterocycles. The van der Waals surface area contributed by atoms with E-state index in [4.69, 9.17) is 21.1 Å². The van der Waals surface area contributed by atoms with Crippen LogP contribution in [-0.4, -0.2) is 47.2 Å². The van der Waals surface area contributed by atoms with Crippen LogP contribution in [0.3, 0.4) is 0 Å². The van der Waals surface area contributed by atoms with Gasteiger partial charge in [0, 0.05) is 5.69 Å². The smallest absolute Gasteiger partial charge is 0.339 e. The quantitative estimate of drug-likeness (QED) is 0.237. The van der Waals surface area contributed by atoms with Crippen LogP contribution in [0.25, 0.3) is 6.08 Å². The number of thioether (sulfide) groups is 1. The van der Waals surface area contributed by atoms with E-state index in [1.165, 1.54) is 18.2 Å². The van der Waals surface area contributed by atoms with Crippen molar-refractivity contribution in [3.63, 3.8) is 0 Å². The van der Waals surface area contributed by atoms with Crippen LogP contribution in [0.15, 0.2) is 47.4 Å². The first-order valence-electron chi connectivity index (χ1n) is 11.5. The molecule has 1 heterocycles. The fraction of sp³-hybridized carbons (Fsp3) is 0.308. The topological polar surface area (TPSA) is 102 Å². The minimum atomic E-state index is -0.596. The fourth-order valence-corrected chi connectivity index (χ4v) is 4.23. The Morgan fingerprint density at radius 2 is 1.86 bits per heavy atom. The molecule has 0 bridgehead atoms. The molecule has 1 aliphatic rings. The third-order valence-corrected chi connectivity index (χ3v) is 6.16. The number of amides is 3. The van der Waals surface area contributed by atoms with Gasteiger partial charge in [0.05, 0.1) is 28.2 Å². The summed E-state index contributed by atoms with van der Waals surface area (Å²) in [5.74, 6) is -1.05. The zero-order chi connectivity index (χ0) is 26.2. The summed E-state index contributed by atoms with van der Waals surface area (Å²) >= 11 is 6.87. The number of hydrogen-bond acceptors (Lipinski definition) is 7. The van der Waals surface area contributed by atoms with E-state index in [0.717, 1.165) is 35.1 Å². The van der Waals surface area contributed by atoms with E-state index in [2.05, 4.69) is 5.32 Å². The molecule has 0 radical (unpaired) electrons. The molecule has 190 valence electrons. The predicted molar refractivity (Wildman–Crippen MR) is 140 cm³/mol. The van der Waals surface area contributed by atoms with Gasteiger partial charge in [-0.25, -0.2) is 4.79 Å². The molecule has 2 aromatic rings. The van der Waals surface area contributed by atoms with E-state index < -0.39 is 29.6 Å². The third kappa shape index (κ3) is 7.35. The molecule has 0 aliphatic carbocycles. The highest BCUT2D eigenvalue weighted by atomic mass is 35.5. The molecule has 10 heteroatoms. The maximum atomic E-state index is 12.8. The summed E-state index contributed by atoms with van der Waals surface area (Å²) in [4.78, 5) is 51.1. The number of carbonyl (C=O) groups is 4. The SMILES string of the molecule is CCCCOC(=O)c1cc(NC(=O)CN2C(=O)S/C(=C\c3ccc(OC(C)C)cc3)C2=O)ccc1Cl. The number of imide groups is 1. The largest absolute Gasteiger partial charge is 0.491 e. The Kier molecular flexibility index (Phi) is 9.55. The standard InChI is InChI=1S/C26H27ClN2O6S/c1-4-5-12-34-25(32)20-14-18(8-11-21(20)27)28-23(30)15-29-24(31)22(36-26(29)33)13-17-6-9-19(10-7-17)35-16(2)3/h6-11,13-14,16H,4-5,12,15H2,1-3H3,(H,28,30)/b22-13-. The van der Waals surface area contributed by atoms with Crippen molar-refractivity contribution in [2.45, 2.75) is 39.7 Å². The van der Waals surface area contributed by atoms with Crippen LogP contribution in [0.2, 0.25) is 5.02 Å². The highest BCUT2D eigenvalue weighted by Gasteiger charge is 2.36. The monoisotopic (exact) mass is 530 g/mol. The lowest BCUT2D eigenvalue weighted by Crippen LogP contribution is -2.36. The van der Waals surface area contributed by atoms with Crippen molar-refractivity contribution in [2.75, 3.05) is 18.5 Å². The number of carbonyl (C=O) groups excluding carboxylic acids is 4. The number of anilines is 1. The van der Waals surface area contributed by atoms with Crippen LogP contribution in [0, 0.1) is 0 Å². The number of nitrogens with one attached hydrogen (secondary N) is 1. The number of hydrogen-bond donors (Lipinski definition) is 1. The van der Waals surface area contributed by atoms with Crippen LogP contribution >= 0.6 is 23.4 Å². The van der Waals surface area contributed by atoms with E-state index in [1.807, 2.05) is 20.8 Å². The van der Waals surface area contributed by atoms with Crippen LogP contribution in [-0.2, 0) is 14.3 Å². The van der Waals surface area contributed by atoms with Gasteiger partial charge < -0.3 is 14.8 Å². The lowest BCUT2D eigenvalue weighted by Gasteiger charge is -2.13. The minimum Gasteiger partial charge on any atom is -0.491 e. The summed E-state index contributed by atoms with van der Waals surface area (Å²) in [6, 6.07) is 11.5. The van der Waals surface area contributed by atoms with E-state index in [9.17, 15) is 19.2 Å². The molecule has 3 rings (SSSR count). The first-order chi connectivity index (χ1) is 17.2. The maximum Gasteiger partial charge on any atom is 0.339 e. The van der Waals surface area contributed by atoms with Crippen molar-refractivity contribution >= 4 is 58.1 Å². The number of nitrogens with zero attached hydrogens (tertiary/aromatic N) is 1. The Morgan fingerprint density at radius 3 is 2.53 bits per heavy atom. The van der Waals surface area contributed by atoms with Crippen LogP contribution in [0.5, 0.6) is 5.75 Å². The molecule has 1 aliphatic heterocycles. The summed E-state index contributed by atoms with van der Waals surface area (Å²) in [5, 5.41) is 2.24. The zero-order valence-corrected chi connectivity index (χ0v) is 21.8. The summed E-state index contributed by atoms with van der Waals surface area (Å²) < 4.78 is 10.8. The van der Waals surface area contributed by atoms with Crippen molar-refractivity contribution in [2.24, 2.45) is 0 Å². The number of halogens is 1. The average Bonchev–Trinajstić information content (AvgIpc) is 3.08. The average molecular weight is 531 g/mol. The van der Waals surface area contributed by atoms with Crippen molar-refractivity contribution in [3.8, 4) is 5.75 Å². The van der Waals surface area contributed by atoms with Crippen LogP contribution in [0.4, 0.5) is 10.5 Å². The first-order valence-corrected chi connectivity index (χ1v) is 12.7. The molecule has 0 saturated carbocycles. The first kappa shape index (κ1) is 27.3. The van der Waals surface area contributed by atoms with E-state index >= 15 is 0 Å². The molecular weight excluding hydrogens is 504 g/mol. The molecular formula is C26H27ClN2O6S. The third-order valence-electron chi connectivity index (χ3n) is 4.93. The van der Waals surface area contributed by atoms with Crippen molar-refractivity contribution in [1.29, 1.82) is 0 Å². The number of esters is 1. The Labute approximate surface area is 219 Å². The van der Waals surface area contributed by atoms with Crippen molar-refractivity contribution in [1.82, 2.24) is 4.90 Å². The lowest BCUT2D eigenvalue weighted by atomic mass is 10.2. The van der Waals surface area contributed by atoms with Gasteiger partial charge in [0.25, 0.3) is 11.1 Å². The van der Waals surface area contributed by atoms with Gasteiger partial charge in [-0.3, -0.25) is 19.3 Å². The highest BCUT2D eigenvalue weighted by Crippen LogP contribution is 2.32. The molecule has 3 amide bonds. The van der Waals surface area contributed by atoms with Gasteiger partial charge in [-0.2, -0.15) is 0 Å². The number of benzene rings is 2. The Hall–Kier alpha value is -3.30. The Morgan fingerprint density at radius 1 is 1.14 bits per heavy atom. The molecule has 0 unspecified atom stereocenters. The van der Waals surface area contributed by atoms with Gasteiger partial charge >= 0.3 is 5.97 Å². The molecule has 1 fully saturated rings. The molecule has 0 spiro atoms. The predicted octanol–water partition coefficient (Wildman–Crippen LogP) is 5.76. The van der Waals surface area contributed by atoms with Gasteiger partial charge in [0.1, 0.15) is 12.3 Å². The van der Waals surface area contributed by atoms with Gasteiger partial charge in [0.15, 0.2) is 0 Å². The number of ether oxygens (including phenoxy) is 2. The number of unbranched alkanes of at least 4 members (excludes halogenated alkanes) is 1.